The van der Waals surface area contributed by atoms with Crippen molar-refractivity contribution in [2.24, 2.45) is 0 Å². The third-order valence-electron chi connectivity index (χ3n) is 4.70. The second-order valence-electron chi connectivity index (χ2n) is 6.41. The standard InChI is InChI=1S/C17H22N4O2/c1-3-15(22-9-1)12-20-8-10-23-17(13-20)4-2-7-21(14-17)16-11-18-5-6-19-16/h1,3,5-6,9,11H,2,4,7-8,10,12-14H2/t17-/m0/s1. The molecule has 4 rings (SSSR count). The van der Waals surface area contributed by atoms with E-state index in [1.54, 1.807) is 18.7 Å². The van der Waals surface area contributed by atoms with Crippen molar-refractivity contribution < 1.29 is 9.15 Å². The number of ether oxygens (including phenoxy) is 1. The van der Waals surface area contributed by atoms with Crippen LogP contribution in [0.5, 0.6) is 0 Å². The van der Waals surface area contributed by atoms with Gasteiger partial charge in [0.2, 0.25) is 0 Å². The van der Waals surface area contributed by atoms with E-state index in [2.05, 4.69) is 19.8 Å². The van der Waals surface area contributed by atoms with E-state index < -0.39 is 0 Å². The highest BCUT2D eigenvalue weighted by Crippen LogP contribution is 2.31. The van der Waals surface area contributed by atoms with Crippen molar-refractivity contribution in [1.29, 1.82) is 0 Å². The fraction of sp³-hybridized carbons (Fsp3) is 0.529. The van der Waals surface area contributed by atoms with Crippen molar-refractivity contribution in [1.82, 2.24) is 14.9 Å². The number of rotatable bonds is 3. The molecular formula is C17H22N4O2. The van der Waals surface area contributed by atoms with Crippen LogP contribution in [0.1, 0.15) is 18.6 Å². The van der Waals surface area contributed by atoms with Crippen molar-refractivity contribution in [3.63, 3.8) is 0 Å². The Kier molecular flexibility index (Phi) is 4.01. The maximum Gasteiger partial charge on any atom is 0.147 e. The Morgan fingerprint density at radius 1 is 1.22 bits per heavy atom. The lowest BCUT2D eigenvalue weighted by Gasteiger charge is -2.48. The monoisotopic (exact) mass is 314 g/mol. The number of anilines is 1. The number of aromatic nitrogens is 2. The fourth-order valence-electron chi connectivity index (χ4n) is 3.68. The van der Waals surface area contributed by atoms with E-state index in [0.29, 0.717) is 0 Å². The van der Waals surface area contributed by atoms with Crippen molar-refractivity contribution >= 4 is 5.82 Å². The summed E-state index contributed by atoms with van der Waals surface area (Å²) in [5.41, 5.74) is -0.111. The molecule has 0 unspecified atom stereocenters. The van der Waals surface area contributed by atoms with Crippen molar-refractivity contribution in [3.05, 3.63) is 42.7 Å². The minimum atomic E-state index is -0.111. The highest BCUT2D eigenvalue weighted by molar-refractivity contribution is 5.36. The third-order valence-corrected chi connectivity index (χ3v) is 4.70. The molecule has 4 heterocycles. The van der Waals surface area contributed by atoms with Gasteiger partial charge in [0, 0.05) is 38.6 Å². The predicted octanol–water partition coefficient (Wildman–Crippen LogP) is 1.94. The molecule has 2 aliphatic heterocycles. The van der Waals surface area contributed by atoms with Gasteiger partial charge >= 0.3 is 0 Å². The molecule has 1 atom stereocenters. The lowest BCUT2D eigenvalue weighted by Crippen LogP contribution is -2.59. The van der Waals surface area contributed by atoms with Crippen molar-refractivity contribution in [3.8, 4) is 0 Å². The van der Waals surface area contributed by atoms with E-state index in [1.807, 2.05) is 18.3 Å². The van der Waals surface area contributed by atoms with Gasteiger partial charge in [-0.3, -0.25) is 9.88 Å². The van der Waals surface area contributed by atoms with Crippen LogP contribution in [0, 0.1) is 0 Å². The molecule has 2 aromatic rings. The van der Waals surface area contributed by atoms with E-state index in [0.717, 1.165) is 63.8 Å². The van der Waals surface area contributed by atoms with Crippen LogP contribution in [0.3, 0.4) is 0 Å². The minimum Gasteiger partial charge on any atom is -0.468 e. The lowest BCUT2D eigenvalue weighted by molar-refractivity contribution is -0.117. The quantitative estimate of drug-likeness (QED) is 0.863. The van der Waals surface area contributed by atoms with Crippen LogP contribution < -0.4 is 4.90 Å². The second-order valence-corrected chi connectivity index (χ2v) is 6.41. The summed E-state index contributed by atoms with van der Waals surface area (Å²) in [6.45, 7) is 5.40. The summed E-state index contributed by atoms with van der Waals surface area (Å²) in [6, 6.07) is 3.98. The number of furan rings is 1. The van der Waals surface area contributed by atoms with Crippen LogP contribution >= 0.6 is 0 Å². The summed E-state index contributed by atoms with van der Waals surface area (Å²) < 4.78 is 11.7. The Bertz CT molecular complexity index is 615. The lowest BCUT2D eigenvalue weighted by atomic mass is 9.90. The summed E-state index contributed by atoms with van der Waals surface area (Å²) in [5, 5.41) is 0. The maximum atomic E-state index is 6.25. The molecule has 2 aromatic heterocycles. The third kappa shape index (κ3) is 3.23. The summed E-state index contributed by atoms with van der Waals surface area (Å²) in [5.74, 6) is 1.96. The van der Waals surface area contributed by atoms with Gasteiger partial charge in [-0.05, 0) is 25.0 Å². The largest absolute Gasteiger partial charge is 0.468 e. The Labute approximate surface area is 136 Å². The molecule has 1 spiro atoms. The molecule has 122 valence electrons. The van der Waals surface area contributed by atoms with Gasteiger partial charge in [-0.2, -0.15) is 0 Å². The smallest absolute Gasteiger partial charge is 0.147 e. The molecule has 2 aliphatic rings. The number of morpholine rings is 1. The van der Waals surface area contributed by atoms with Crippen LogP contribution in [-0.4, -0.2) is 53.3 Å². The zero-order valence-corrected chi connectivity index (χ0v) is 13.2. The van der Waals surface area contributed by atoms with Gasteiger partial charge in [-0.1, -0.05) is 0 Å². The highest BCUT2D eigenvalue weighted by atomic mass is 16.5. The van der Waals surface area contributed by atoms with Gasteiger partial charge in [0.05, 0.1) is 31.2 Å². The Morgan fingerprint density at radius 3 is 3.04 bits per heavy atom. The Balaban J connectivity index is 1.46. The van der Waals surface area contributed by atoms with Crippen molar-refractivity contribution in [2.45, 2.75) is 25.0 Å². The summed E-state index contributed by atoms with van der Waals surface area (Å²) in [6.07, 6.45) is 9.25. The molecular weight excluding hydrogens is 292 g/mol. The van der Waals surface area contributed by atoms with E-state index in [4.69, 9.17) is 9.15 Å². The minimum absolute atomic E-state index is 0.111. The van der Waals surface area contributed by atoms with Gasteiger partial charge in [0.25, 0.3) is 0 Å². The second kappa shape index (κ2) is 6.29. The first-order valence-electron chi connectivity index (χ1n) is 8.23. The van der Waals surface area contributed by atoms with Gasteiger partial charge in [0.1, 0.15) is 11.6 Å². The molecule has 0 bridgehead atoms. The molecule has 0 saturated carbocycles. The van der Waals surface area contributed by atoms with Crippen LogP contribution in [0.4, 0.5) is 5.82 Å². The number of nitrogens with zero attached hydrogens (tertiary/aromatic N) is 4. The van der Waals surface area contributed by atoms with Crippen LogP contribution in [0.2, 0.25) is 0 Å². The average Bonchev–Trinajstić information content (AvgIpc) is 3.09. The first kappa shape index (κ1) is 14.7. The first-order valence-corrected chi connectivity index (χ1v) is 8.23. The Hall–Kier alpha value is -1.92. The molecule has 0 amide bonds. The topological polar surface area (TPSA) is 54.6 Å². The van der Waals surface area contributed by atoms with E-state index in [1.165, 1.54) is 0 Å². The molecule has 0 aromatic carbocycles. The maximum absolute atomic E-state index is 6.25. The van der Waals surface area contributed by atoms with Gasteiger partial charge in [-0.15, -0.1) is 0 Å². The highest BCUT2D eigenvalue weighted by Gasteiger charge is 2.41. The summed E-state index contributed by atoms with van der Waals surface area (Å²) in [4.78, 5) is 13.4. The molecule has 0 aliphatic carbocycles. The summed E-state index contributed by atoms with van der Waals surface area (Å²) >= 11 is 0. The van der Waals surface area contributed by atoms with Crippen LogP contribution in [-0.2, 0) is 11.3 Å². The molecule has 6 nitrogen and oxygen atoms in total. The number of hydrogen-bond donors (Lipinski definition) is 0. The molecule has 0 radical (unpaired) electrons. The van der Waals surface area contributed by atoms with E-state index in [-0.39, 0.29) is 5.60 Å². The predicted molar refractivity (Wildman–Crippen MR) is 86.1 cm³/mol. The van der Waals surface area contributed by atoms with Crippen LogP contribution in [0.15, 0.2) is 41.4 Å². The fourth-order valence-corrected chi connectivity index (χ4v) is 3.68. The van der Waals surface area contributed by atoms with Crippen molar-refractivity contribution in [2.75, 3.05) is 37.7 Å². The van der Waals surface area contributed by atoms with E-state index in [9.17, 15) is 0 Å². The molecule has 6 heteroatoms. The van der Waals surface area contributed by atoms with E-state index >= 15 is 0 Å². The normalized spacial score (nSPS) is 25.8. The number of piperidine rings is 1. The SMILES string of the molecule is c1coc(CN2CCO[C@@]3(CCCN(c4cnccn4)C3)C2)c1. The molecule has 2 saturated heterocycles. The molecule has 0 N–H and O–H groups in total. The first-order chi connectivity index (χ1) is 11.3. The molecule has 23 heavy (non-hydrogen) atoms. The molecule has 2 fully saturated rings. The zero-order valence-electron chi connectivity index (χ0n) is 13.2. The average molecular weight is 314 g/mol. The zero-order chi connectivity index (χ0) is 15.5. The Morgan fingerprint density at radius 2 is 2.22 bits per heavy atom. The van der Waals surface area contributed by atoms with Gasteiger partial charge in [-0.25, -0.2) is 4.98 Å². The van der Waals surface area contributed by atoms with Gasteiger partial charge in [0.15, 0.2) is 0 Å². The number of hydrogen-bond acceptors (Lipinski definition) is 6. The van der Waals surface area contributed by atoms with Crippen LogP contribution in [0.25, 0.3) is 0 Å². The summed E-state index contributed by atoms with van der Waals surface area (Å²) in [7, 11) is 0. The van der Waals surface area contributed by atoms with Gasteiger partial charge < -0.3 is 14.1 Å².